The first-order valence-electron chi connectivity index (χ1n) is 16.7. The van der Waals surface area contributed by atoms with E-state index in [0.717, 1.165) is 44.8 Å². The van der Waals surface area contributed by atoms with Crippen LogP contribution in [0.5, 0.6) is 0 Å². The van der Waals surface area contributed by atoms with Gasteiger partial charge >= 0.3 is 0 Å². The fourth-order valence-corrected chi connectivity index (χ4v) is 7.47. The van der Waals surface area contributed by atoms with Gasteiger partial charge in [-0.25, -0.2) is 9.97 Å². The van der Waals surface area contributed by atoms with E-state index in [1.54, 1.807) is 0 Å². The van der Waals surface area contributed by atoms with E-state index < -0.39 is 0 Å². The summed E-state index contributed by atoms with van der Waals surface area (Å²) in [6.45, 7) is 0. The Morgan fingerprint density at radius 2 is 1.06 bits per heavy atom. The molecule has 3 nitrogen and oxygen atoms in total. The lowest BCUT2D eigenvalue weighted by molar-refractivity contribution is 1.19. The fraction of sp³-hybridized carbons (Fsp3) is 0. The van der Waals surface area contributed by atoms with Crippen LogP contribution in [0.2, 0.25) is 0 Å². The molecule has 49 heavy (non-hydrogen) atoms. The van der Waals surface area contributed by atoms with E-state index in [0.29, 0.717) is 0 Å². The molecule has 0 aliphatic carbocycles. The molecule has 10 aromatic rings. The minimum Gasteiger partial charge on any atom is -0.309 e. The third-order valence-corrected chi connectivity index (χ3v) is 9.79. The van der Waals surface area contributed by atoms with Crippen LogP contribution >= 0.6 is 0 Å². The van der Waals surface area contributed by atoms with Crippen molar-refractivity contribution in [3.8, 4) is 39.5 Å². The molecule has 3 heteroatoms. The third-order valence-electron chi connectivity index (χ3n) is 9.79. The van der Waals surface area contributed by atoms with E-state index in [1.807, 2.05) is 18.2 Å². The lowest BCUT2D eigenvalue weighted by Crippen LogP contribution is -1.95. The molecule has 0 aliphatic heterocycles. The molecule has 0 unspecified atom stereocenters. The van der Waals surface area contributed by atoms with Crippen molar-refractivity contribution in [3.63, 3.8) is 0 Å². The third kappa shape index (κ3) is 4.44. The minimum absolute atomic E-state index is 0.726. The molecule has 2 heterocycles. The molecule has 0 fully saturated rings. The predicted octanol–water partition coefficient (Wildman–Crippen LogP) is 12.0. The topological polar surface area (TPSA) is 30.7 Å². The highest BCUT2D eigenvalue weighted by Crippen LogP contribution is 2.40. The first-order chi connectivity index (χ1) is 24.3. The summed E-state index contributed by atoms with van der Waals surface area (Å²) < 4.78 is 2.44. The first-order valence-corrected chi connectivity index (χ1v) is 16.7. The summed E-state index contributed by atoms with van der Waals surface area (Å²) in [5, 5.41) is 8.50. The van der Waals surface area contributed by atoms with Gasteiger partial charge in [-0.2, -0.15) is 0 Å². The summed E-state index contributed by atoms with van der Waals surface area (Å²) in [6.07, 6.45) is 0. The van der Waals surface area contributed by atoms with Crippen molar-refractivity contribution < 1.29 is 0 Å². The van der Waals surface area contributed by atoms with E-state index in [9.17, 15) is 0 Å². The van der Waals surface area contributed by atoms with Gasteiger partial charge < -0.3 is 4.57 Å². The Hall–Kier alpha value is -6.58. The number of para-hydroxylation sites is 2. The van der Waals surface area contributed by atoms with Gasteiger partial charge in [-0.15, -0.1) is 0 Å². The molecule has 0 spiro atoms. The van der Waals surface area contributed by atoms with Gasteiger partial charge in [0.15, 0.2) is 5.82 Å². The van der Waals surface area contributed by atoms with E-state index in [2.05, 4.69) is 162 Å². The zero-order valence-electron chi connectivity index (χ0n) is 26.6. The van der Waals surface area contributed by atoms with Gasteiger partial charge in [0.25, 0.3) is 0 Å². The Morgan fingerprint density at radius 3 is 1.94 bits per heavy atom. The largest absolute Gasteiger partial charge is 0.309 e. The molecule has 0 radical (unpaired) electrons. The second-order valence-electron chi connectivity index (χ2n) is 12.6. The Bertz CT molecular complexity index is 2870. The van der Waals surface area contributed by atoms with Crippen molar-refractivity contribution in [3.05, 3.63) is 176 Å². The number of hydrogen-bond donors (Lipinski definition) is 0. The number of nitrogens with zero attached hydrogens (tertiary/aromatic N) is 3. The maximum Gasteiger partial charge on any atom is 0.160 e. The first kappa shape index (κ1) is 27.5. The molecular formula is C46H29N3. The Morgan fingerprint density at radius 1 is 0.388 bits per heavy atom. The van der Waals surface area contributed by atoms with E-state index in [-0.39, 0.29) is 0 Å². The van der Waals surface area contributed by atoms with Gasteiger partial charge in [-0.3, -0.25) is 0 Å². The van der Waals surface area contributed by atoms with Crippen LogP contribution in [0.25, 0.3) is 93.7 Å². The van der Waals surface area contributed by atoms with Crippen LogP contribution < -0.4 is 0 Å². The van der Waals surface area contributed by atoms with Gasteiger partial charge in [-0.05, 0) is 51.6 Å². The van der Waals surface area contributed by atoms with Crippen LogP contribution in [0.1, 0.15) is 0 Å². The molecule has 0 saturated carbocycles. The zero-order chi connectivity index (χ0) is 32.3. The predicted molar refractivity (Wildman–Crippen MR) is 205 cm³/mol. The van der Waals surface area contributed by atoms with Gasteiger partial charge in [0.05, 0.1) is 22.2 Å². The Labute approximate surface area is 283 Å². The fourth-order valence-electron chi connectivity index (χ4n) is 7.47. The van der Waals surface area contributed by atoms with E-state index >= 15 is 0 Å². The minimum atomic E-state index is 0.726. The summed E-state index contributed by atoms with van der Waals surface area (Å²) in [5.74, 6) is 0.726. The van der Waals surface area contributed by atoms with Crippen LogP contribution in [0.4, 0.5) is 0 Å². The number of rotatable bonds is 4. The van der Waals surface area contributed by atoms with Crippen LogP contribution in [0.15, 0.2) is 176 Å². The van der Waals surface area contributed by atoms with Crippen LogP contribution in [0, 0.1) is 0 Å². The Balaban J connectivity index is 1.13. The smallest absolute Gasteiger partial charge is 0.160 e. The van der Waals surface area contributed by atoms with Gasteiger partial charge in [-0.1, -0.05) is 152 Å². The molecule has 0 saturated heterocycles. The van der Waals surface area contributed by atoms with Gasteiger partial charge in [0, 0.05) is 38.4 Å². The SMILES string of the molecule is c1ccc(-c2nc(-c3ccc(-c4cccc5c4ccc4c6ccccc6n(-c6ccc7ccccc7c6)c54)cc3)nc3ccccc23)cc1. The quantitative estimate of drug-likeness (QED) is 0.195. The van der Waals surface area contributed by atoms with Crippen molar-refractivity contribution in [2.24, 2.45) is 0 Å². The summed E-state index contributed by atoms with van der Waals surface area (Å²) in [6, 6.07) is 62.7. The molecule has 0 atom stereocenters. The maximum absolute atomic E-state index is 5.09. The molecule has 0 bridgehead atoms. The molecular weight excluding hydrogens is 595 g/mol. The standard InChI is InChI=1S/C46H29N3/c1-2-12-32(13-3-1)44-41-16-6-8-19-42(41)47-46(48-44)33-23-21-31(22-24-33)36-17-10-18-39-37(36)27-28-40-38-15-7-9-20-43(38)49(45(39)40)35-26-25-30-11-4-5-14-34(30)29-35/h1-29H. The van der Waals surface area contributed by atoms with Crippen molar-refractivity contribution >= 4 is 54.3 Å². The average molecular weight is 624 g/mol. The average Bonchev–Trinajstić information content (AvgIpc) is 3.52. The summed E-state index contributed by atoms with van der Waals surface area (Å²) in [5.41, 5.74) is 9.92. The summed E-state index contributed by atoms with van der Waals surface area (Å²) in [7, 11) is 0. The molecule has 8 aromatic carbocycles. The summed E-state index contributed by atoms with van der Waals surface area (Å²) in [4.78, 5) is 10.1. The molecule has 0 N–H and O–H groups in total. The lowest BCUT2D eigenvalue weighted by Gasteiger charge is -2.13. The molecule has 228 valence electrons. The van der Waals surface area contributed by atoms with Gasteiger partial charge in [0.2, 0.25) is 0 Å². The van der Waals surface area contributed by atoms with E-state index in [4.69, 9.17) is 9.97 Å². The number of fused-ring (bicyclic) bond motifs is 7. The maximum atomic E-state index is 5.09. The highest BCUT2D eigenvalue weighted by atomic mass is 15.0. The van der Waals surface area contributed by atoms with Crippen LogP contribution in [0.3, 0.4) is 0 Å². The van der Waals surface area contributed by atoms with Crippen LogP contribution in [-0.4, -0.2) is 14.5 Å². The number of aromatic nitrogens is 3. The highest BCUT2D eigenvalue weighted by Gasteiger charge is 2.17. The molecule has 2 aromatic heterocycles. The zero-order valence-corrected chi connectivity index (χ0v) is 26.6. The number of hydrogen-bond acceptors (Lipinski definition) is 2. The van der Waals surface area contributed by atoms with Crippen molar-refractivity contribution in [2.45, 2.75) is 0 Å². The van der Waals surface area contributed by atoms with E-state index in [1.165, 1.54) is 48.9 Å². The molecule has 0 amide bonds. The molecule has 0 aliphatic rings. The molecule has 10 rings (SSSR count). The van der Waals surface area contributed by atoms with Crippen LogP contribution in [-0.2, 0) is 0 Å². The summed E-state index contributed by atoms with van der Waals surface area (Å²) >= 11 is 0. The normalized spacial score (nSPS) is 11.7. The lowest BCUT2D eigenvalue weighted by atomic mass is 9.95. The second-order valence-corrected chi connectivity index (χ2v) is 12.6. The van der Waals surface area contributed by atoms with Crippen molar-refractivity contribution in [1.82, 2.24) is 14.5 Å². The number of benzene rings is 8. The highest BCUT2D eigenvalue weighted by molar-refractivity contribution is 6.20. The monoisotopic (exact) mass is 623 g/mol. The second kappa shape index (κ2) is 11.0. The van der Waals surface area contributed by atoms with Crippen molar-refractivity contribution in [1.29, 1.82) is 0 Å². The van der Waals surface area contributed by atoms with Gasteiger partial charge in [0.1, 0.15) is 0 Å². The van der Waals surface area contributed by atoms with Crippen molar-refractivity contribution in [2.75, 3.05) is 0 Å². The Kier molecular flexibility index (Phi) is 6.18.